The van der Waals surface area contributed by atoms with Gasteiger partial charge in [0.15, 0.2) is 9.84 Å². The van der Waals surface area contributed by atoms with Crippen LogP contribution < -0.4 is 4.90 Å². The molecule has 10 heteroatoms. The number of sulfone groups is 1. The number of ether oxygens (including phenoxy) is 2. The van der Waals surface area contributed by atoms with Gasteiger partial charge in [0, 0.05) is 31.5 Å². The lowest BCUT2D eigenvalue weighted by Crippen LogP contribution is -2.37. The fourth-order valence-electron chi connectivity index (χ4n) is 3.91. The Morgan fingerprint density at radius 3 is 2.27 bits per heavy atom. The standard InChI is InChI=1S/C20H25ClN4O4S/c1-30(26,27)17-2-3-18(22-11-17)19-28-12-15(13-29-19)8-14-4-6-25(7-5-14)20-23-9-16(21)10-24-20/h2-3,9-11,14-15,19H,4-8,12-13H2,1H3. The summed E-state index contributed by atoms with van der Waals surface area (Å²) >= 11 is 5.86. The lowest BCUT2D eigenvalue weighted by molar-refractivity contribution is -0.209. The first-order valence-electron chi connectivity index (χ1n) is 10.00. The van der Waals surface area contributed by atoms with E-state index in [9.17, 15) is 8.42 Å². The quantitative estimate of drug-likeness (QED) is 0.683. The van der Waals surface area contributed by atoms with E-state index in [1.54, 1.807) is 18.5 Å². The Hall–Kier alpha value is -1.81. The number of aromatic nitrogens is 3. The number of rotatable bonds is 5. The summed E-state index contributed by atoms with van der Waals surface area (Å²) in [5, 5.41) is 0.547. The number of pyridine rings is 1. The van der Waals surface area contributed by atoms with Gasteiger partial charge in [-0.05, 0) is 37.3 Å². The highest BCUT2D eigenvalue weighted by molar-refractivity contribution is 7.90. The molecule has 4 heterocycles. The van der Waals surface area contributed by atoms with Gasteiger partial charge in [-0.15, -0.1) is 0 Å². The number of hydrogen-bond acceptors (Lipinski definition) is 8. The van der Waals surface area contributed by atoms with Crippen LogP contribution in [0.15, 0.2) is 35.6 Å². The SMILES string of the molecule is CS(=O)(=O)c1ccc(C2OCC(CC3CCN(c4ncc(Cl)cn4)CC3)CO2)nc1. The first-order chi connectivity index (χ1) is 14.4. The first kappa shape index (κ1) is 21.4. The smallest absolute Gasteiger partial charge is 0.225 e. The van der Waals surface area contributed by atoms with Crippen LogP contribution in [0.4, 0.5) is 5.95 Å². The third kappa shape index (κ3) is 5.26. The third-order valence-corrected chi connectivity index (χ3v) is 6.86. The van der Waals surface area contributed by atoms with Crippen LogP contribution in [0.3, 0.4) is 0 Å². The van der Waals surface area contributed by atoms with Crippen molar-refractivity contribution < 1.29 is 17.9 Å². The summed E-state index contributed by atoms with van der Waals surface area (Å²) in [6, 6.07) is 3.19. The third-order valence-electron chi connectivity index (χ3n) is 5.57. The van der Waals surface area contributed by atoms with Crippen molar-refractivity contribution in [2.45, 2.75) is 30.4 Å². The molecule has 0 aliphatic carbocycles. The second-order valence-corrected chi connectivity index (χ2v) is 10.4. The second-order valence-electron chi connectivity index (χ2n) is 7.92. The Morgan fingerprint density at radius 1 is 1.03 bits per heavy atom. The Labute approximate surface area is 181 Å². The summed E-state index contributed by atoms with van der Waals surface area (Å²) in [4.78, 5) is 15.2. The lowest BCUT2D eigenvalue weighted by Gasteiger charge is -2.35. The number of piperidine rings is 1. The van der Waals surface area contributed by atoms with E-state index in [0.29, 0.717) is 35.8 Å². The minimum Gasteiger partial charge on any atom is -0.347 e. The van der Waals surface area contributed by atoms with Gasteiger partial charge in [0.1, 0.15) is 0 Å². The number of anilines is 1. The van der Waals surface area contributed by atoms with Crippen LogP contribution >= 0.6 is 11.6 Å². The molecule has 0 unspecified atom stereocenters. The van der Waals surface area contributed by atoms with E-state index in [-0.39, 0.29) is 4.90 Å². The average Bonchev–Trinajstić information content (AvgIpc) is 2.75. The molecule has 0 amide bonds. The van der Waals surface area contributed by atoms with Crippen molar-refractivity contribution in [3.05, 3.63) is 41.4 Å². The molecule has 2 aromatic rings. The Kier molecular flexibility index (Phi) is 6.52. The van der Waals surface area contributed by atoms with E-state index < -0.39 is 16.1 Å². The molecule has 2 saturated heterocycles. The normalized spacial score (nSPS) is 23.5. The Bertz CT molecular complexity index is 940. The fraction of sp³-hybridized carbons (Fsp3) is 0.550. The molecule has 0 bridgehead atoms. The van der Waals surface area contributed by atoms with Gasteiger partial charge in [0.2, 0.25) is 12.2 Å². The number of hydrogen-bond donors (Lipinski definition) is 0. The molecule has 0 saturated carbocycles. The van der Waals surface area contributed by atoms with Crippen LogP contribution in [0.25, 0.3) is 0 Å². The van der Waals surface area contributed by atoms with Crippen molar-refractivity contribution in [3.8, 4) is 0 Å². The summed E-state index contributed by atoms with van der Waals surface area (Å²) in [7, 11) is -3.26. The number of nitrogens with zero attached hydrogens (tertiary/aromatic N) is 4. The summed E-state index contributed by atoms with van der Waals surface area (Å²) in [6.07, 6.45) is 8.46. The van der Waals surface area contributed by atoms with Gasteiger partial charge in [-0.1, -0.05) is 11.6 Å². The van der Waals surface area contributed by atoms with Gasteiger partial charge < -0.3 is 14.4 Å². The van der Waals surface area contributed by atoms with E-state index >= 15 is 0 Å². The molecule has 162 valence electrons. The molecule has 2 aliphatic rings. The zero-order chi connectivity index (χ0) is 21.1. The van der Waals surface area contributed by atoms with Crippen LogP contribution in [0.1, 0.15) is 31.2 Å². The Morgan fingerprint density at radius 2 is 1.70 bits per heavy atom. The molecule has 0 spiro atoms. The number of halogens is 1. The lowest BCUT2D eigenvalue weighted by atomic mass is 9.87. The molecule has 0 N–H and O–H groups in total. The predicted molar refractivity (Wildman–Crippen MR) is 112 cm³/mol. The van der Waals surface area contributed by atoms with E-state index in [4.69, 9.17) is 21.1 Å². The molecule has 2 aliphatic heterocycles. The van der Waals surface area contributed by atoms with E-state index in [1.807, 2.05) is 0 Å². The topological polar surface area (TPSA) is 94.5 Å². The van der Waals surface area contributed by atoms with Crippen molar-refractivity contribution >= 4 is 27.4 Å². The van der Waals surface area contributed by atoms with Crippen molar-refractivity contribution in [2.75, 3.05) is 37.5 Å². The highest BCUT2D eigenvalue weighted by Crippen LogP contribution is 2.31. The maximum absolute atomic E-state index is 11.5. The van der Waals surface area contributed by atoms with Gasteiger partial charge in [0.05, 0.1) is 41.2 Å². The summed E-state index contributed by atoms with van der Waals surface area (Å²) < 4.78 is 34.8. The van der Waals surface area contributed by atoms with E-state index in [1.165, 1.54) is 12.3 Å². The highest BCUT2D eigenvalue weighted by Gasteiger charge is 2.29. The molecule has 2 aromatic heterocycles. The Balaban J connectivity index is 1.23. The predicted octanol–water partition coefficient (Wildman–Crippen LogP) is 2.90. The van der Waals surface area contributed by atoms with Crippen LogP contribution in [0.5, 0.6) is 0 Å². The van der Waals surface area contributed by atoms with Gasteiger partial charge >= 0.3 is 0 Å². The first-order valence-corrected chi connectivity index (χ1v) is 12.3. The zero-order valence-electron chi connectivity index (χ0n) is 16.8. The largest absolute Gasteiger partial charge is 0.347 e. The monoisotopic (exact) mass is 452 g/mol. The van der Waals surface area contributed by atoms with Crippen molar-refractivity contribution in [1.29, 1.82) is 0 Å². The fourth-order valence-corrected chi connectivity index (χ4v) is 4.57. The van der Waals surface area contributed by atoms with E-state index in [2.05, 4.69) is 19.9 Å². The molecule has 0 atom stereocenters. The summed E-state index contributed by atoms with van der Waals surface area (Å²) in [5.74, 6) is 1.70. The molecular formula is C20H25ClN4O4S. The zero-order valence-corrected chi connectivity index (χ0v) is 18.3. The van der Waals surface area contributed by atoms with Crippen molar-refractivity contribution in [2.24, 2.45) is 11.8 Å². The minimum absolute atomic E-state index is 0.190. The van der Waals surface area contributed by atoms with E-state index in [0.717, 1.165) is 44.6 Å². The van der Waals surface area contributed by atoms with Crippen LogP contribution in [0.2, 0.25) is 5.02 Å². The molecule has 4 rings (SSSR count). The maximum atomic E-state index is 11.5. The molecular weight excluding hydrogens is 428 g/mol. The molecule has 30 heavy (non-hydrogen) atoms. The molecule has 2 fully saturated rings. The van der Waals surface area contributed by atoms with Crippen molar-refractivity contribution in [3.63, 3.8) is 0 Å². The average molecular weight is 453 g/mol. The minimum atomic E-state index is -3.26. The summed E-state index contributed by atoms with van der Waals surface area (Å²) in [6.45, 7) is 3.08. The van der Waals surface area contributed by atoms with Crippen LogP contribution in [-0.2, 0) is 19.3 Å². The van der Waals surface area contributed by atoms with Crippen LogP contribution in [-0.4, -0.2) is 55.9 Å². The molecule has 0 aromatic carbocycles. The molecule has 0 radical (unpaired) electrons. The second kappa shape index (κ2) is 9.13. The van der Waals surface area contributed by atoms with Gasteiger partial charge in [-0.25, -0.2) is 18.4 Å². The summed E-state index contributed by atoms with van der Waals surface area (Å²) in [5.41, 5.74) is 0.595. The van der Waals surface area contributed by atoms with Gasteiger partial charge in [-0.2, -0.15) is 0 Å². The van der Waals surface area contributed by atoms with Crippen molar-refractivity contribution in [1.82, 2.24) is 15.0 Å². The van der Waals surface area contributed by atoms with Gasteiger partial charge in [0.25, 0.3) is 0 Å². The highest BCUT2D eigenvalue weighted by atomic mass is 35.5. The molecule has 8 nitrogen and oxygen atoms in total. The van der Waals surface area contributed by atoms with Gasteiger partial charge in [-0.3, -0.25) is 4.98 Å². The van der Waals surface area contributed by atoms with Crippen LogP contribution in [0, 0.1) is 11.8 Å². The maximum Gasteiger partial charge on any atom is 0.225 e.